The van der Waals surface area contributed by atoms with Crippen molar-refractivity contribution in [3.63, 3.8) is 0 Å². The Morgan fingerprint density at radius 1 is 1.35 bits per heavy atom. The van der Waals surface area contributed by atoms with Crippen LogP contribution in [0.2, 0.25) is 0 Å². The van der Waals surface area contributed by atoms with Crippen LogP contribution in [-0.4, -0.2) is 15.9 Å². The number of aliphatic imine (C=N–C) groups is 1. The molecular weight excluding hydrogens is 270 g/mol. The van der Waals surface area contributed by atoms with Crippen molar-refractivity contribution in [1.82, 2.24) is 9.97 Å². The van der Waals surface area contributed by atoms with Crippen LogP contribution in [0, 0.1) is 6.92 Å². The van der Waals surface area contributed by atoms with E-state index in [2.05, 4.69) is 34.0 Å². The Labute approximate surface area is 120 Å². The summed E-state index contributed by atoms with van der Waals surface area (Å²) in [7, 11) is 0. The van der Waals surface area contributed by atoms with Gasteiger partial charge in [0.2, 0.25) is 0 Å². The number of benzene rings is 1. The van der Waals surface area contributed by atoms with E-state index in [-0.39, 0.29) is 5.96 Å². The molecule has 5 nitrogen and oxygen atoms in total. The molecule has 0 aliphatic heterocycles. The molecule has 2 aromatic heterocycles. The maximum atomic E-state index is 5.34. The van der Waals surface area contributed by atoms with Gasteiger partial charge in [-0.15, -0.1) is 11.3 Å². The third-order valence-electron chi connectivity index (χ3n) is 3.10. The third kappa shape index (κ3) is 2.25. The van der Waals surface area contributed by atoms with Crippen LogP contribution in [0.5, 0.6) is 0 Å². The molecule has 3 aromatic rings. The average Bonchev–Trinajstić information content (AvgIpc) is 2.99. The number of para-hydroxylation sites is 1. The SMILES string of the molecule is Cc1[nH]c2ccccc2c1-c1csc(CN=C(N)N)n1. The Balaban J connectivity index is 2.03. The molecule has 0 aliphatic rings. The highest BCUT2D eigenvalue weighted by atomic mass is 32.1. The monoisotopic (exact) mass is 285 g/mol. The van der Waals surface area contributed by atoms with Crippen molar-refractivity contribution in [2.24, 2.45) is 16.5 Å². The fourth-order valence-electron chi connectivity index (χ4n) is 2.26. The molecule has 20 heavy (non-hydrogen) atoms. The highest BCUT2D eigenvalue weighted by Gasteiger charge is 2.13. The minimum absolute atomic E-state index is 0.0880. The topological polar surface area (TPSA) is 93.1 Å². The zero-order valence-corrected chi connectivity index (χ0v) is 11.9. The Bertz CT molecular complexity index is 780. The molecule has 2 heterocycles. The number of rotatable bonds is 3. The molecule has 0 unspecified atom stereocenters. The van der Waals surface area contributed by atoms with Gasteiger partial charge in [0.1, 0.15) is 5.01 Å². The lowest BCUT2D eigenvalue weighted by molar-refractivity contribution is 1.03. The van der Waals surface area contributed by atoms with Crippen LogP contribution in [-0.2, 0) is 6.54 Å². The number of guanidine groups is 1. The van der Waals surface area contributed by atoms with Gasteiger partial charge in [-0.2, -0.15) is 0 Å². The predicted molar refractivity (Wildman–Crippen MR) is 83.7 cm³/mol. The lowest BCUT2D eigenvalue weighted by Gasteiger charge is -1.96. The summed E-state index contributed by atoms with van der Waals surface area (Å²) >= 11 is 1.56. The standard InChI is InChI=1S/C14H15N5S/c1-8-13(9-4-2-3-5-10(9)18-8)11-7-20-12(19-11)6-17-14(15)16/h2-5,7,18H,6H2,1H3,(H4,15,16,17). The quantitative estimate of drug-likeness (QED) is 0.509. The minimum atomic E-state index is 0.0880. The zero-order chi connectivity index (χ0) is 14.1. The summed E-state index contributed by atoms with van der Waals surface area (Å²) in [5, 5.41) is 4.13. The lowest BCUT2D eigenvalue weighted by atomic mass is 10.1. The van der Waals surface area contributed by atoms with E-state index in [9.17, 15) is 0 Å². The van der Waals surface area contributed by atoms with Gasteiger partial charge in [0.05, 0.1) is 12.2 Å². The van der Waals surface area contributed by atoms with E-state index < -0.39 is 0 Å². The molecule has 1 aromatic carbocycles. The van der Waals surface area contributed by atoms with Crippen LogP contribution in [0.25, 0.3) is 22.2 Å². The van der Waals surface area contributed by atoms with Crippen LogP contribution >= 0.6 is 11.3 Å². The van der Waals surface area contributed by atoms with Crippen molar-refractivity contribution in [2.45, 2.75) is 13.5 Å². The maximum absolute atomic E-state index is 5.34. The van der Waals surface area contributed by atoms with Gasteiger partial charge in [-0.25, -0.2) is 9.98 Å². The number of aromatic amines is 1. The van der Waals surface area contributed by atoms with Crippen molar-refractivity contribution in [1.29, 1.82) is 0 Å². The fourth-order valence-corrected chi connectivity index (χ4v) is 2.97. The number of fused-ring (bicyclic) bond motifs is 1. The first kappa shape index (κ1) is 12.7. The number of nitrogens with one attached hydrogen (secondary N) is 1. The molecule has 0 radical (unpaired) electrons. The number of nitrogens with zero attached hydrogens (tertiary/aromatic N) is 2. The number of aryl methyl sites for hydroxylation is 1. The van der Waals surface area contributed by atoms with Gasteiger partial charge in [0.25, 0.3) is 0 Å². The highest BCUT2D eigenvalue weighted by molar-refractivity contribution is 7.10. The van der Waals surface area contributed by atoms with Crippen molar-refractivity contribution < 1.29 is 0 Å². The molecule has 0 saturated carbocycles. The van der Waals surface area contributed by atoms with Crippen LogP contribution in [0.1, 0.15) is 10.7 Å². The Kier molecular flexibility index (Phi) is 3.15. The average molecular weight is 285 g/mol. The molecule has 6 heteroatoms. The van der Waals surface area contributed by atoms with Gasteiger partial charge in [-0.05, 0) is 13.0 Å². The van der Waals surface area contributed by atoms with Crippen LogP contribution in [0.15, 0.2) is 34.6 Å². The normalized spacial score (nSPS) is 10.8. The summed E-state index contributed by atoms with van der Waals surface area (Å²) in [6, 6.07) is 8.22. The Morgan fingerprint density at radius 2 is 2.15 bits per heavy atom. The number of hydrogen-bond donors (Lipinski definition) is 3. The van der Waals surface area contributed by atoms with Gasteiger partial charge in [0.15, 0.2) is 5.96 Å². The van der Waals surface area contributed by atoms with Crippen molar-refractivity contribution in [3.05, 3.63) is 40.3 Å². The molecule has 0 amide bonds. The van der Waals surface area contributed by atoms with Crippen LogP contribution in [0.3, 0.4) is 0 Å². The van der Waals surface area contributed by atoms with E-state index >= 15 is 0 Å². The Morgan fingerprint density at radius 3 is 2.95 bits per heavy atom. The molecule has 0 atom stereocenters. The van der Waals surface area contributed by atoms with Crippen molar-refractivity contribution in [2.75, 3.05) is 0 Å². The molecular formula is C14H15N5S. The second-order valence-electron chi connectivity index (χ2n) is 4.54. The van der Waals surface area contributed by atoms with Gasteiger partial charge in [-0.1, -0.05) is 18.2 Å². The summed E-state index contributed by atoms with van der Waals surface area (Å²) in [4.78, 5) is 12.0. The first-order valence-corrected chi connectivity index (χ1v) is 7.10. The number of thiazole rings is 1. The molecule has 0 spiro atoms. The van der Waals surface area contributed by atoms with E-state index in [1.807, 2.05) is 17.5 Å². The van der Waals surface area contributed by atoms with E-state index in [4.69, 9.17) is 11.5 Å². The van der Waals surface area contributed by atoms with Crippen LogP contribution < -0.4 is 11.5 Å². The highest BCUT2D eigenvalue weighted by Crippen LogP contribution is 2.32. The largest absolute Gasteiger partial charge is 0.370 e. The summed E-state index contributed by atoms with van der Waals surface area (Å²) < 4.78 is 0. The summed E-state index contributed by atoms with van der Waals surface area (Å²) in [6.45, 7) is 2.48. The Hall–Kier alpha value is -2.34. The fraction of sp³-hybridized carbons (Fsp3) is 0.143. The lowest BCUT2D eigenvalue weighted by Crippen LogP contribution is -2.22. The maximum Gasteiger partial charge on any atom is 0.186 e. The van der Waals surface area contributed by atoms with Crippen LogP contribution in [0.4, 0.5) is 0 Å². The molecule has 3 rings (SSSR count). The number of aromatic nitrogens is 2. The first-order chi connectivity index (χ1) is 9.65. The van der Waals surface area contributed by atoms with E-state index in [1.54, 1.807) is 11.3 Å². The van der Waals surface area contributed by atoms with Gasteiger partial charge < -0.3 is 16.5 Å². The smallest absolute Gasteiger partial charge is 0.186 e. The van der Waals surface area contributed by atoms with Gasteiger partial charge in [-0.3, -0.25) is 0 Å². The molecule has 0 bridgehead atoms. The van der Waals surface area contributed by atoms with Gasteiger partial charge in [0, 0.05) is 27.5 Å². The number of nitrogens with two attached hydrogens (primary N) is 2. The van der Waals surface area contributed by atoms with Crippen molar-refractivity contribution >= 4 is 28.2 Å². The summed E-state index contributed by atoms with van der Waals surface area (Å²) in [5.41, 5.74) is 15.0. The number of H-pyrrole nitrogens is 1. The molecule has 102 valence electrons. The van der Waals surface area contributed by atoms with Gasteiger partial charge >= 0.3 is 0 Å². The minimum Gasteiger partial charge on any atom is -0.370 e. The number of hydrogen-bond acceptors (Lipinski definition) is 3. The molecule has 0 saturated heterocycles. The van der Waals surface area contributed by atoms with E-state index in [0.717, 1.165) is 27.5 Å². The molecule has 0 fully saturated rings. The third-order valence-corrected chi connectivity index (χ3v) is 3.93. The molecule has 5 N–H and O–H groups in total. The second kappa shape index (κ2) is 4.97. The van der Waals surface area contributed by atoms with E-state index in [0.29, 0.717) is 6.54 Å². The first-order valence-electron chi connectivity index (χ1n) is 6.22. The molecule has 0 aliphatic carbocycles. The zero-order valence-electron chi connectivity index (χ0n) is 11.1. The second-order valence-corrected chi connectivity index (χ2v) is 5.48. The van der Waals surface area contributed by atoms with E-state index in [1.165, 1.54) is 5.39 Å². The predicted octanol–water partition coefficient (Wildman–Crippen LogP) is 2.37. The summed E-state index contributed by atoms with van der Waals surface area (Å²) in [5.74, 6) is 0.0880. The summed E-state index contributed by atoms with van der Waals surface area (Å²) in [6.07, 6.45) is 0. The van der Waals surface area contributed by atoms with Crippen molar-refractivity contribution in [3.8, 4) is 11.3 Å².